The molecule has 0 spiro atoms. The van der Waals surface area contributed by atoms with Crippen LogP contribution < -0.4 is 5.56 Å². The molecular formula is C21H31BrN4O. The van der Waals surface area contributed by atoms with Gasteiger partial charge in [0.05, 0.1) is 16.9 Å². The third-order valence-corrected chi connectivity index (χ3v) is 6.38. The van der Waals surface area contributed by atoms with E-state index < -0.39 is 0 Å². The predicted octanol–water partition coefficient (Wildman–Crippen LogP) is 4.05. The van der Waals surface area contributed by atoms with Gasteiger partial charge in [-0.2, -0.15) is 0 Å². The molecule has 2 heterocycles. The zero-order valence-corrected chi connectivity index (χ0v) is 18.5. The first-order valence-electron chi connectivity index (χ1n) is 10.1. The molecule has 0 bridgehead atoms. The lowest BCUT2D eigenvalue weighted by Gasteiger charge is -2.31. The number of nitrogens with zero attached hydrogens (tertiary/aromatic N) is 4. The highest BCUT2D eigenvalue weighted by Crippen LogP contribution is 2.27. The Labute approximate surface area is 170 Å². The topological polar surface area (TPSA) is 41.4 Å². The molecule has 3 rings (SSSR count). The summed E-state index contributed by atoms with van der Waals surface area (Å²) in [6.07, 6.45) is 3.24. The quantitative estimate of drug-likeness (QED) is 0.711. The standard InChI is InChI=1S/C21H31BrN4O/c1-5-7-19(25-11-10-15(3)24(4)12-13-25)20-23-18-9-8-16(22)14-17(18)21(27)26(20)6-2/h8-9,14-15,19H,5-7,10-13H2,1-4H3/t15-,19+/m1/s1. The largest absolute Gasteiger partial charge is 0.302 e. The van der Waals surface area contributed by atoms with Crippen molar-refractivity contribution < 1.29 is 0 Å². The smallest absolute Gasteiger partial charge is 0.261 e. The van der Waals surface area contributed by atoms with Crippen LogP contribution in [0.15, 0.2) is 27.5 Å². The Bertz CT molecular complexity index is 838. The highest BCUT2D eigenvalue weighted by atomic mass is 79.9. The Morgan fingerprint density at radius 3 is 2.74 bits per heavy atom. The van der Waals surface area contributed by atoms with Crippen molar-refractivity contribution in [2.24, 2.45) is 0 Å². The van der Waals surface area contributed by atoms with Gasteiger partial charge in [0.25, 0.3) is 5.56 Å². The van der Waals surface area contributed by atoms with E-state index in [1.165, 1.54) is 0 Å². The number of likely N-dealkylation sites (N-methyl/N-ethyl adjacent to an activating group) is 1. The van der Waals surface area contributed by atoms with Crippen molar-refractivity contribution in [3.8, 4) is 0 Å². The van der Waals surface area contributed by atoms with Gasteiger partial charge in [0.2, 0.25) is 0 Å². The minimum Gasteiger partial charge on any atom is -0.302 e. The normalized spacial score (nSPS) is 20.7. The molecule has 6 heteroatoms. The van der Waals surface area contributed by atoms with E-state index >= 15 is 0 Å². The molecule has 2 aromatic rings. The van der Waals surface area contributed by atoms with Gasteiger partial charge in [0.1, 0.15) is 5.82 Å². The van der Waals surface area contributed by atoms with Crippen LogP contribution in [-0.4, -0.2) is 52.1 Å². The van der Waals surface area contributed by atoms with E-state index in [0.29, 0.717) is 18.0 Å². The monoisotopic (exact) mass is 434 g/mol. The Morgan fingerprint density at radius 2 is 2.04 bits per heavy atom. The van der Waals surface area contributed by atoms with Crippen molar-refractivity contribution in [1.82, 2.24) is 19.4 Å². The zero-order valence-electron chi connectivity index (χ0n) is 16.9. The molecule has 0 radical (unpaired) electrons. The van der Waals surface area contributed by atoms with Crippen molar-refractivity contribution in [3.05, 3.63) is 38.9 Å². The maximum Gasteiger partial charge on any atom is 0.261 e. The van der Waals surface area contributed by atoms with E-state index in [2.05, 4.69) is 46.6 Å². The van der Waals surface area contributed by atoms with Gasteiger partial charge < -0.3 is 4.90 Å². The summed E-state index contributed by atoms with van der Waals surface area (Å²) in [4.78, 5) is 23.1. The molecule has 1 fully saturated rings. The summed E-state index contributed by atoms with van der Waals surface area (Å²) in [5, 5.41) is 0.689. The van der Waals surface area contributed by atoms with Crippen LogP contribution in [-0.2, 0) is 6.54 Å². The van der Waals surface area contributed by atoms with Gasteiger partial charge >= 0.3 is 0 Å². The number of benzene rings is 1. The summed E-state index contributed by atoms with van der Waals surface area (Å²) in [7, 11) is 2.21. The fourth-order valence-corrected chi connectivity index (χ4v) is 4.38. The number of aromatic nitrogens is 2. The molecule has 148 valence electrons. The van der Waals surface area contributed by atoms with E-state index in [9.17, 15) is 4.79 Å². The second kappa shape index (κ2) is 8.84. The van der Waals surface area contributed by atoms with Crippen LogP contribution in [0.2, 0.25) is 0 Å². The molecule has 0 unspecified atom stereocenters. The highest BCUT2D eigenvalue weighted by Gasteiger charge is 2.28. The summed E-state index contributed by atoms with van der Waals surface area (Å²) in [6, 6.07) is 6.58. The van der Waals surface area contributed by atoms with Gasteiger partial charge in [-0.1, -0.05) is 29.3 Å². The third kappa shape index (κ3) is 4.28. The first-order chi connectivity index (χ1) is 13.0. The second-order valence-electron chi connectivity index (χ2n) is 7.64. The number of hydrogen-bond acceptors (Lipinski definition) is 4. The Morgan fingerprint density at radius 1 is 1.26 bits per heavy atom. The van der Waals surface area contributed by atoms with Crippen molar-refractivity contribution >= 4 is 26.8 Å². The van der Waals surface area contributed by atoms with Gasteiger partial charge in [0, 0.05) is 36.7 Å². The van der Waals surface area contributed by atoms with Crippen molar-refractivity contribution in [2.75, 3.05) is 26.7 Å². The number of rotatable bonds is 5. The van der Waals surface area contributed by atoms with Gasteiger partial charge in [-0.3, -0.25) is 14.3 Å². The summed E-state index contributed by atoms with van der Waals surface area (Å²) < 4.78 is 2.80. The molecule has 0 aliphatic carbocycles. The van der Waals surface area contributed by atoms with E-state index in [0.717, 1.165) is 54.7 Å². The van der Waals surface area contributed by atoms with E-state index in [1.807, 2.05) is 29.7 Å². The predicted molar refractivity (Wildman–Crippen MR) is 115 cm³/mol. The van der Waals surface area contributed by atoms with Crippen LogP contribution >= 0.6 is 15.9 Å². The Kier molecular flexibility index (Phi) is 6.71. The highest BCUT2D eigenvalue weighted by molar-refractivity contribution is 9.10. The lowest BCUT2D eigenvalue weighted by atomic mass is 10.1. The molecule has 0 N–H and O–H groups in total. The van der Waals surface area contributed by atoms with Gasteiger partial charge in [-0.05, 0) is 51.9 Å². The number of hydrogen-bond donors (Lipinski definition) is 0. The molecule has 1 aliphatic rings. The minimum atomic E-state index is 0.0696. The maximum atomic E-state index is 13.2. The van der Waals surface area contributed by atoms with Crippen LogP contribution in [0.5, 0.6) is 0 Å². The lowest BCUT2D eigenvalue weighted by Crippen LogP contribution is -2.37. The molecule has 27 heavy (non-hydrogen) atoms. The molecule has 1 aromatic carbocycles. The maximum absolute atomic E-state index is 13.2. The Balaban J connectivity index is 2.08. The summed E-state index contributed by atoms with van der Waals surface area (Å²) in [5.74, 6) is 0.927. The van der Waals surface area contributed by atoms with Crippen LogP contribution in [0, 0.1) is 0 Å². The molecule has 1 aromatic heterocycles. The first kappa shape index (κ1) is 20.5. The van der Waals surface area contributed by atoms with E-state index in [-0.39, 0.29) is 11.6 Å². The van der Waals surface area contributed by atoms with Crippen molar-refractivity contribution in [1.29, 1.82) is 0 Å². The van der Waals surface area contributed by atoms with E-state index in [1.54, 1.807) is 0 Å². The molecular weight excluding hydrogens is 404 g/mol. The summed E-state index contributed by atoms with van der Waals surface area (Å²) >= 11 is 3.48. The summed E-state index contributed by atoms with van der Waals surface area (Å²) in [6.45, 7) is 10.3. The van der Waals surface area contributed by atoms with E-state index in [4.69, 9.17) is 4.98 Å². The lowest BCUT2D eigenvalue weighted by molar-refractivity contribution is 0.180. The van der Waals surface area contributed by atoms with Crippen LogP contribution in [0.1, 0.15) is 51.9 Å². The van der Waals surface area contributed by atoms with Crippen LogP contribution in [0.3, 0.4) is 0 Å². The molecule has 2 atom stereocenters. The molecule has 1 aliphatic heterocycles. The van der Waals surface area contributed by atoms with Crippen molar-refractivity contribution in [3.63, 3.8) is 0 Å². The van der Waals surface area contributed by atoms with Gasteiger partial charge in [-0.15, -0.1) is 0 Å². The molecule has 0 amide bonds. The second-order valence-corrected chi connectivity index (χ2v) is 8.56. The molecule has 5 nitrogen and oxygen atoms in total. The molecule has 0 saturated carbocycles. The Hall–Kier alpha value is -1.24. The first-order valence-corrected chi connectivity index (χ1v) is 10.9. The van der Waals surface area contributed by atoms with Gasteiger partial charge in [-0.25, -0.2) is 4.98 Å². The minimum absolute atomic E-state index is 0.0696. The van der Waals surface area contributed by atoms with Crippen LogP contribution in [0.4, 0.5) is 0 Å². The average Bonchev–Trinajstić information content (AvgIpc) is 2.82. The van der Waals surface area contributed by atoms with Gasteiger partial charge in [0.15, 0.2) is 0 Å². The van der Waals surface area contributed by atoms with Crippen molar-refractivity contribution in [2.45, 2.75) is 58.7 Å². The third-order valence-electron chi connectivity index (χ3n) is 5.89. The average molecular weight is 435 g/mol. The number of halogens is 1. The van der Waals surface area contributed by atoms with Crippen LogP contribution in [0.25, 0.3) is 10.9 Å². The number of fused-ring (bicyclic) bond motifs is 1. The fourth-order valence-electron chi connectivity index (χ4n) is 4.02. The summed E-state index contributed by atoms with van der Waals surface area (Å²) in [5.41, 5.74) is 0.865. The fraction of sp³-hybridized carbons (Fsp3) is 0.619. The zero-order chi connectivity index (χ0) is 19.6. The molecule has 1 saturated heterocycles. The SMILES string of the molecule is CCC[C@@H](c1nc2ccc(Br)cc2c(=O)n1CC)N1CC[C@@H](C)N(C)CC1.